The van der Waals surface area contributed by atoms with Crippen molar-refractivity contribution >= 4 is 34.6 Å². The molecule has 0 aliphatic carbocycles. The second-order valence-electron chi connectivity index (χ2n) is 7.37. The van der Waals surface area contributed by atoms with E-state index in [0.717, 1.165) is 0 Å². The lowest BCUT2D eigenvalue weighted by molar-refractivity contribution is 0.501. The number of hydrogen-bond acceptors (Lipinski definition) is 1. The summed E-state index contributed by atoms with van der Waals surface area (Å²) in [6.45, 7) is 6.61. The molecule has 0 fully saturated rings. The summed E-state index contributed by atoms with van der Waals surface area (Å²) in [5, 5.41) is 2.17. The first-order chi connectivity index (χ1) is 12.3. The molecule has 0 saturated carbocycles. The van der Waals surface area contributed by atoms with Crippen molar-refractivity contribution in [2.45, 2.75) is 25.8 Å². The van der Waals surface area contributed by atoms with Crippen LogP contribution in [-0.2, 0) is 0 Å². The first-order valence-corrected chi connectivity index (χ1v) is 11.3. The molecule has 0 aliphatic heterocycles. The lowest BCUT2D eigenvalue weighted by atomic mass is 10.2. The van der Waals surface area contributed by atoms with Gasteiger partial charge in [-0.05, 0) is 27.5 Å². The van der Waals surface area contributed by atoms with Crippen molar-refractivity contribution in [1.82, 2.24) is 0 Å². The molecule has 26 heavy (non-hydrogen) atoms. The number of benzene rings is 3. The van der Waals surface area contributed by atoms with Gasteiger partial charge in [0.25, 0.3) is 0 Å². The Labute approximate surface area is 164 Å². The Morgan fingerprint density at radius 2 is 1.31 bits per heavy atom. The predicted octanol–water partition coefficient (Wildman–Crippen LogP) is 5.53. The summed E-state index contributed by atoms with van der Waals surface area (Å²) in [7, 11) is -2.72. The number of rotatable bonds is 4. The Kier molecular flexibility index (Phi) is 5.35. The SMILES string of the molecule is CC(C)(C)[Si](Oc1cc(F)cc(Br)c1)(c1ccccc1)c1ccccc1. The molecule has 0 saturated heterocycles. The van der Waals surface area contributed by atoms with E-state index in [1.54, 1.807) is 0 Å². The van der Waals surface area contributed by atoms with Crippen LogP contribution in [0.25, 0.3) is 0 Å². The van der Waals surface area contributed by atoms with E-state index >= 15 is 0 Å². The molecule has 0 aromatic heterocycles. The van der Waals surface area contributed by atoms with Gasteiger partial charge in [0.15, 0.2) is 0 Å². The van der Waals surface area contributed by atoms with Crippen molar-refractivity contribution in [3.63, 3.8) is 0 Å². The van der Waals surface area contributed by atoms with Crippen molar-refractivity contribution in [2.24, 2.45) is 0 Å². The Morgan fingerprint density at radius 1 is 0.808 bits per heavy atom. The fourth-order valence-corrected chi connectivity index (χ4v) is 8.26. The van der Waals surface area contributed by atoms with Gasteiger partial charge in [-0.1, -0.05) is 97.4 Å². The van der Waals surface area contributed by atoms with Crippen LogP contribution in [0.2, 0.25) is 5.04 Å². The minimum absolute atomic E-state index is 0.158. The predicted molar refractivity (Wildman–Crippen MR) is 112 cm³/mol. The Hall–Kier alpha value is -1.91. The van der Waals surface area contributed by atoms with Gasteiger partial charge < -0.3 is 4.43 Å². The molecule has 0 spiro atoms. The summed E-state index contributed by atoms with van der Waals surface area (Å²) in [6, 6.07) is 25.4. The molecule has 0 N–H and O–H groups in total. The van der Waals surface area contributed by atoms with E-state index in [9.17, 15) is 4.39 Å². The van der Waals surface area contributed by atoms with Crippen LogP contribution < -0.4 is 14.8 Å². The molecule has 0 bridgehead atoms. The highest BCUT2D eigenvalue weighted by molar-refractivity contribution is 9.10. The summed E-state index contributed by atoms with van der Waals surface area (Å²) in [4.78, 5) is 0. The fourth-order valence-electron chi connectivity index (χ4n) is 3.41. The molecule has 0 radical (unpaired) electrons. The first kappa shape index (κ1) is 18.9. The third-order valence-electron chi connectivity index (χ3n) is 4.52. The van der Waals surface area contributed by atoms with Crippen LogP contribution >= 0.6 is 15.9 Å². The van der Waals surface area contributed by atoms with Crippen LogP contribution in [-0.4, -0.2) is 8.32 Å². The fraction of sp³-hybridized carbons (Fsp3) is 0.182. The maximum Gasteiger partial charge on any atom is 0.319 e. The van der Waals surface area contributed by atoms with Crippen LogP contribution in [0.1, 0.15) is 20.8 Å². The third-order valence-corrected chi connectivity index (χ3v) is 9.93. The highest BCUT2D eigenvalue weighted by Crippen LogP contribution is 2.38. The summed E-state index contributed by atoms with van der Waals surface area (Å²) in [5.74, 6) is 0.235. The quantitative estimate of drug-likeness (QED) is 0.496. The van der Waals surface area contributed by atoms with Gasteiger partial charge in [0.1, 0.15) is 11.6 Å². The maximum atomic E-state index is 14.0. The van der Waals surface area contributed by atoms with Crippen molar-refractivity contribution in [2.75, 3.05) is 0 Å². The van der Waals surface area contributed by atoms with E-state index in [2.05, 4.69) is 61.0 Å². The topological polar surface area (TPSA) is 9.23 Å². The van der Waals surface area contributed by atoms with E-state index in [1.807, 2.05) is 42.5 Å². The molecule has 3 aromatic rings. The van der Waals surface area contributed by atoms with Crippen molar-refractivity contribution in [3.05, 3.63) is 89.2 Å². The molecular weight excluding hydrogens is 407 g/mol. The number of hydrogen-bond donors (Lipinski definition) is 0. The lowest BCUT2D eigenvalue weighted by Crippen LogP contribution is -2.68. The van der Waals surface area contributed by atoms with E-state index in [0.29, 0.717) is 10.2 Å². The molecule has 0 unspecified atom stereocenters. The minimum Gasteiger partial charge on any atom is -0.534 e. The minimum atomic E-state index is -2.72. The highest BCUT2D eigenvalue weighted by atomic mass is 79.9. The lowest BCUT2D eigenvalue weighted by Gasteiger charge is -2.43. The molecule has 0 heterocycles. The molecule has 3 aromatic carbocycles. The molecular formula is C22H22BrFOSi. The molecule has 0 amide bonds. The van der Waals surface area contributed by atoms with Gasteiger partial charge in [-0.15, -0.1) is 0 Å². The Balaban J connectivity index is 2.27. The molecule has 0 atom stereocenters. The zero-order valence-electron chi connectivity index (χ0n) is 15.2. The van der Waals surface area contributed by atoms with Gasteiger partial charge in [-0.3, -0.25) is 0 Å². The van der Waals surface area contributed by atoms with Gasteiger partial charge in [0.2, 0.25) is 0 Å². The van der Waals surface area contributed by atoms with Gasteiger partial charge in [-0.2, -0.15) is 0 Å². The van der Waals surface area contributed by atoms with E-state index in [4.69, 9.17) is 4.43 Å². The highest BCUT2D eigenvalue weighted by Gasteiger charge is 2.52. The second-order valence-corrected chi connectivity index (χ2v) is 12.5. The molecule has 1 nitrogen and oxygen atoms in total. The molecule has 0 aliphatic rings. The van der Waals surface area contributed by atoms with Gasteiger partial charge >= 0.3 is 8.32 Å². The van der Waals surface area contributed by atoms with E-state index < -0.39 is 8.32 Å². The first-order valence-electron chi connectivity index (χ1n) is 8.59. The number of halogens is 2. The third kappa shape index (κ3) is 3.62. The normalized spacial score (nSPS) is 12.0. The van der Waals surface area contributed by atoms with Gasteiger partial charge in [0, 0.05) is 10.5 Å². The summed E-state index contributed by atoms with van der Waals surface area (Å²) < 4.78 is 21.5. The Bertz CT molecular complexity index is 816. The van der Waals surface area contributed by atoms with E-state index in [1.165, 1.54) is 22.5 Å². The van der Waals surface area contributed by atoms with Crippen molar-refractivity contribution in [1.29, 1.82) is 0 Å². The van der Waals surface area contributed by atoms with Crippen LogP contribution in [0.3, 0.4) is 0 Å². The molecule has 4 heteroatoms. The Morgan fingerprint density at radius 3 is 1.73 bits per heavy atom. The average molecular weight is 429 g/mol. The average Bonchev–Trinajstić information content (AvgIpc) is 2.59. The van der Waals surface area contributed by atoms with Crippen LogP contribution in [0.4, 0.5) is 4.39 Å². The second kappa shape index (κ2) is 7.37. The standard InChI is InChI=1S/C22H22BrFOSi/c1-22(2,3)26(20-10-6-4-7-11-20,21-12-8-5-9-13-21)25-19-15-17(23)14-18(24)16-19/h4-16H,1-3H3. The van der Waals surface area contributed by atoms with Crippen LogP contribution in [0.5, 0.6) is 5.75 Å². The van der Waals surface area contributed by atoms with Crippen molar-refractivity contribution < 1.29 is 8.82 Å². The van der Waals surface area contributed by atoms with Crippen LogP contribution in [0.15, 0.2) is 83.3 Å². The summed E-state index contributed by atoms with van der Waals surface area (Å²) in [5.41, 5.74) is 0. The molecule has 3 rings (SSSR count). The maximum absolute atomic E-state index is 14.0. The zero-order valence-corrected chi connectivity index (χ0v) is 17.8. The van der Waals surface area contributed by atoms with Crippen molar-refractivity contribution in [3.8, 4) is 5.75 Å². The van der Waals surface area contributed by atoms with Crippen LogP contribution in [0, 0.1) is 5.82 Å². The van der Waals surface area contributed by atoms with Gasteiger partial charge in [0.05, 0.1) is 0 Å². The van der Waals surface area contributed by atoms with Gasteiger partial charge in [-0.25, -0.2) is 4.39 Å². The summed E-state index contributed by atoms with van der Waals surface area (Å²) >= 11 is 3.38. The summed E-state index contributed by atoms with van der Waals surface area (Å²) in [6.07, 6.45) is 0. The monoisotopic (exact) mass is 428 g/mol. The molecule has 134 valence electrons. The smallest absolute Gasteiger partial charge is 0.319 e. The zero-order chi connectivity index (χ0) is 18.8. The largest absolute Gasteiger partial charge is 0.534 e. The van der Waals surface area contributed by atoms with E-state index in [-0.39, 0.29) is 10.9 Å².